The lowest BCUT2D eigenvalue weighted by Gasteiger charge is -2.12. The SMILES string of the molecule is O[C@@H]1CCC[C@H]1Cc1sccc1Cl. The van der Waals surface area contributed by atoms with Crippen molar-refractivity contribution in [1.82, 2.24) is 0 Å². The molecule has 1 aliphatic rings. The van der Waals surface area contributed by atoms with Crippen molar-refractivity contribution in [2.24, 2.45) is 5.92 Å². The van der Waals surface area contributed by atoms with E-state index < -0.39 is 0 Å². The molecule has 0 bridgehead atoms. The van der Waals surface area contributed by atoms with Crippen LogP contribution in [-0.2, 0) is 6.42 Å². The summed E-state index contributed by atoms with van der Waals surface area (Å²) in [6.45, 7) is 0. The van der Waals surface area contributed by atoms with E-state index in [0.29, 0.717) is 5.92 Å². The zero-order valence-electron chi connectivity index (χ0n) is 7.37. The topological polar surface area (TPSA) is 20.2 Å². The first-order valence-corrected chi connectivity index (χ1v) is 5.93. The maximum absolute atomic E-state index is 9.64. The van der Waals surface area contributed by atoms with Gasteiger partial charge in [-0.05, 0) is 36.6 Å². The number of aliphatic hydroxyl groups is 1. The second kappa shape index (κ2) is 3.99. The van der Waals surface area contributed by atoms with Gasteiger partial charge in [0.15, 0.2) is 0 Å². The molecule has 2 atom stereocenters. The highest BCUT2D eigenvalue weighted by Crippen LogP contribution is 2.32. The van der Waals surface area contributed by atoms with Crippen molar-refractivity contribution in [2.45, 2.75) is 31.8 Å². The predicted octanol–water partition coefficient (Wildman–Crippen LogP) is 3.11. The summed E-state index contributed by atoms with van der Waals surface area (Å²) in [6, 6.07) is 1.93. The molecule has 13 heavy (non-hydrogen) atoms. The van der Waals surface area contributed by atoms with Crippen molar-refractivity contribution in [3.05, 3.63) is 21.3 Å². The molecular weight excluding hydrogens is 204 g/mol. The first kappa shape index (κ1) is 9.50. The fraction of sp³-hybridized carbons (Fsp3) is 0.600. The molecule has 1 nitrogen and oxygen atoms in total. The second-order valence-electron chi connectivity index (χ2n) is 3.65. The molecule has 0 radical (unpaired) electrons. The zero-order chi connectivity index (χ0) is 9.26. The molecule has 1 N–H and O–H groups in total. The summed E-state index contributed by atoms with van der Waals surface area (Å²) in [7, 11) is 0. The highest BCUT2D eigenvalue weighted by Gasteiger charge is 2.26. The van der Waals surface area contributed by atoms with Gasteiger partial charge < -0.3 is 5.11 Å². The van der Waals surface area contributed by atoms with Gasteiger partial charge in [-0.25, -0.2) is 0 Å². The second-order valence-corrected chi connectivity index (χ2v) is 5.06. The standard InChI is InChI=1S/C10H13ClOS/c11-8-4-5-13-10(8)6-7-2-1-3-9(7)12/h4-5,7,9,12H,1-3,6H2/t7-,9+/m0/s1. The van der Waals surface area contributed by atoms with E-state index in [-0.39, 0.29) is 6.10 Å². The lowest BCUT2D eigenvalue weighted by Crippen LogP contribution is -2.14. The van der Waals surface area contributed by atoms with E-state index in [1.807, 2.05) is 11.4 Å². The first-order chi connectivity index (χ1) is 6.27. The van der Waals surface area contributed by atoms with Gasteiger partial charge in [0.2, 0.25) is 0 Å². The van der Waals surface area contributed by atoms with Crippen LogP contribution in [0.3, 0.4) is 0 Å². The van der Waals surface area contributed by atoms with Gasteiger partial charge in [-0.1, -0.05) is 18.0 Å². The molecular formula is C10H13ClOS. The Labute approximate surface area is 87.4 Å². The summed E-state index contributed by atoms with van der Waals surface area (Å²) < 4.78 is 0. The molecule has 1 fully saturated rings. The highest BCUT2D eigenvalue weighted by molar-refractivity contribution is 7.10. The van der Waals surface area contributed by atoms with Crippen molar-refractivity contribution in [1.29, 1.82) is 0 Å². The number of thiophene rings is 1. The molecule has 1 aromatic rings. The molecule has 1 heterocycles. The monoisotopic (exact) mass is 216 g/mol. The zero-order valence-corrected chi connectivity index (χ0v) is 8.94. The van der Waals surface area contributed by atoms with Crippen LogP contribution in [0.15, 0.2) is 11.4 Å². The molecule has 3 heteroatoms. The number of halogens is 1. The van der Waals surface area contributed by atoms with Gasteiger partial charge in [-0.3, -0.25) is 0 Å². The minimum atomic E-state index is -0.0989. The minimum Gasteiger partial charge on any atom is -0.393 e. The molecule has 0 unspecified atom stereocenters. The van der Waals surface area contributed by atoms with Crippen LogP contribution in [0.4, 0.5) is 0 Å². The van der Waals surface area contributed by atoms with Crippen LogP contribution in [-0.4, -0.2) is 11.2 Å². The molecule has 1 saturated carbocycles. The molecule has 0 aliphatic heterocycles. The summed E-state index contributed by atoms with van der Waals surface area (Å²) in [4.78, 5) is 1.23. The summed E-state index contributed by atoms with van der Waals surface area (Å²) in [5.74, 6) is 0.441. The third-order valence-corrected chi connectivity index (χ3v) is 4.17. The smallest absolute Gasteiger partial charge is 0.0571 e. The largest absolute Gasteiger partial charge is 0.393 e. The van der Waals surface area contributed by atoms with Crippen molar-refractivity contribution in [3.63, 3.8) is 0 Å². The third-order valence-electron chi connectivity index (χ3n) is 2.76. The van der Waals surface area contributed by atoms with Crippen molar-refractivity contribution in [3.8, 4) is 0 Å². The van der Waals surface area contributed by atoms with Crippen molar-refractivity contribution < 1.29 is 5.11 Å². The third kappa shape index (κ3) is 2.06. The molecule has 0 amide bonds. The van der Waals surface area contributed by atoms with Crippen LogP contribution in [0.25, 0.3) is 0 Å². The Morgan fingerprint density at radius 3 is 2.92 bits per heavy atom. The fourth-order valence-corrected chi connectivity index (χ4v) is 3.17. The van der Waals surface area contributed by atoms with Crippen LogP contribution in [0.2, 0.25) is 5.02 Å². The summed E-state index contributed by atoms with van der Waals surface area (Å²) in [5.41, 5.74) is 0. The number of hydrogen-bond acceptors (Lipinski definition) is 2. The lowest BCUT2D eigenvalue weighted by atomic mass is 10.0. The van der Waals surface area contributed by atoms with Crippen LogP contribution in [0, 0.1) is 5.92 Å². The molecule has 0 saturated heterocycles. The average Bonchev–Trinajstić information content (AvgIpc) is 2.65. The lowest BCUT2D eigenvalue weighted by molar-refractivity contribution is 0.133. The van der Waals surface area contributed by atoms with Crippen molar-refractivity contribution >= 4 is 22.9 Å². The molecule has 1 aromatic heterocycles. The molecule has 0 spiro atoms. The quantitative estimate of drug-likeness (QED) is 0.806. The van der Waals surface area contributed by atoms with Gasteiger partial charge in [0.25, 0.3) is 0 Å². The Morgan fingerprint density at radius 2 is 2.38 bits per heavy atom. The average molecular weight is 217 g/mol. The Hall–Kier alpha value is -0.0500. The van der Waals surface area contributed by atoms with E-state index in [0.717, 1.165) is 30.7 Å². The fourth-order valence-electron chi connectivity index (χ4n) is 1.96. The van der Waals surface area contributed by atoms with E-state index in [9.17, 15) is 5.11 Å². The Morgan fingerprint density at radius 1 is 1.54 bits per heavy atom. The van der Waals surface area contributed by atoms with E-state index in [1.54, 1.807) is 11.3 Å². The van der Waals surface area contributed by atoms with E-state index in [4.69, 9.17) is 11.6 Å². The number of hydrogen-bond donors (Lipinski definition) is 1. The summed E-state index contributed by atoms with van der Waals surface area (Å²) in [6.07, 6.45) is 4.13. The van der Waals surface area contributed by atoms with Crippen LogP contribution in [0.1, 0.15) is 24.1 Å². The van der Waals surface area contributed by atoms with E-state index >= 15 is 0 Å². The summed E-state index contributed by atoms with van der Waals surface area (Å²) >= 11 is 7.69. The number of aliphatic hydroxyl groups excluding tert-OH is 1. The van der Waals surface area contributed by atoms with Gasteiger partial charge in [0.05, 0.1) is 11.1 Å². The van der Waals surface area contributed by atoms with E-state index in [1.165, 1.54) is 4.88 Å². The first-order valence-electron chi connectivity index (χ1n) is 4.67. The normalized spacial score (nSPS) is 28.2. The van der Waals surface area contributed by atoms with E-state index in [2.05, 4.69) is 0 Å². The Bertz CT molecular complexity index is 284. The minimum absolute atomic E-state index is 0.0989. The van der Waals surface area contributed by atoms with Gasteiger partial charge in [-0.2, -0.15) is 0 Å². The Balaban J connectivity index is 2.01. The molecule has 1 aliphatic carbocycles. The van der Waals surface area contributed by atoms with Gasteiger partial charge >= 0.3 is 0 Å². The summed E-state index contributed by atoms with van der Waals surface area (Å²) in [5, 5.41) is 12.5. The molecule has 2 rings (SSSR count). The van der Waals surface area contributed by atoms with Crippen molar-refractivity contribution in [2.75, 3.05) is 0 Å². The van der Waals surface area contributed by atoms with Crippen LogP contribution >= 0.6 is 22.9 Å². The predicted molar refractivity (Wildman–Crippen MR) is 56.4 cm³/mol. The maximum Gasteiger partial charge on any atom is 0.0571 e. The van der Waals surface area contributed by atoms with Crippen LogP contribution < -0.4 is 0 Å². The Kier molecular flexibility index (Phi) is 2.92. The maximum atomic E-state index is 9.64. The van der Waals surface area contributed by atoms with Gasteiger partial charge in [0, 0.05) is 4.88 Å². The van der Waals surface area contributed by atoms with Gasteiger partial charge in [0.1, 0.15) is 0 Å². The molecule has 72 valence electrons. The van der Waals surface area contributed by atoms with Crippen LogP contribution in [0.5, 0.6) is 0 Å². The highest BCUT2D eigenvalue weighted by atomic mass is 35.5. The van der Waals surface area contributed by atoms with Gasteiger partial charge in [-0.15, -0.1) is 11.3 Å². The molecule has 0 aromatic carbocycles. The number of rotatable bonds is 2.